The number of aromatic carboxylic acids is 1. The Hall–Kier alpha value is -6.84. The first-order chi connectivity index (χ1) is 32.1. The minimum Gasteiger partial charge on any atom is -0.478 e. The van der Waals surface area contributed by atoms with Gasteiger partial charge in [-0.1, -0.05) is 57.8 Å². The van der Waals surface area contributed by atoms with Crippen molar-refractivity contribution >= 4 is 70.1 Å². The number of benzene rings is 4. The number of alkyl halides is 6. The van der Waals surface area contributed by atoms with E-state index in [4.69, 9.17) is 38.0 Å². The summed E-state index contributed by atoms with van der Waals surface area (Å²) in [6.45, 7) is 6.75. The lowest BCUT2D eigenvalue weighted by molar-refractivity contribution is -0.139. The van der Waals surface area contributed by atoms with Gasteiger partial charge in [0.05, 0.1) is 46.8 Å². The molecule has 5 amide bonds. The summed E-state index contributed by atoms with van der Waals surface area (Å²) in [7, 11) is 0. The number of hydrogen-bond acceptors (Lipinski definition) is 11. The molecule has 23 heteroatoms. The van der Waals surface area contributed by atoms with Crippen LogP contribution in [0.1, 0.15) is 91.9 Å². The van der Waals surface area contributed by atoms with E-state index in [1.807, 2.05) is 31.3 Å². The van der Waals surface area contributed by atoms with Gasteiger partial charge in [0.15, 0.2) is 11.2 Å². The highest BCUT2D eigenvalue weighted by atomic mass is 35.5. The SMILES string of the molecule is Cc1cc(Cl)cc(C2(C)CC(c3ccc(C(=O)N4CC(=O)NC(=O)C4)c(C(F)(F)F)c3)=NO2)c1.Cc1cc(Cl)cc(C2(C)CC(c3ccc(C(=O)O)c(C(F)(F)F)c3)=NO2)c1.O=C1CNCC(=O)N1. The molecule has 8 rings (SSSR count). The molecule has 2 unspecified atom stereocenters. The van der Waals surface area contributed by atoms with E-state index >= 15 is 0 Å². The lowest BCUT2D eigenvalue weighted by Gasteiger charge is -2.26. The molecule has 0 spiro atoms. The van der Waals surface area contributed by atoms with Crippen LogP contribution in [-0.2, 0) is 52.4 Å². The van der Waals surface area contributed by atoms with Gasteiger partial charge >= 0.3 is 18.3 Å². The molecule has 4 N–H and O–H groups in total. The molecule has 2 atom stereocenters. The zero-order chi connectivity index (χ0) is 50.8. The fourth-order valence-corrected chi connectivity index (χ4v) is 8.14. The highest BCUT2D eigenvalue weighted by Crippen LogP contribution is 2.41. The third-order valence-electron chi connectivity index (χ3n) is 10.9. The third kappa shape index (κ3) is 12.4. The number of carbonyl (C=O) groups excluding carboxylic acids is 5. The largest absolute Gasteiger partial charge is 0.478 e. The molecule has 0 radical (unpaired) electrons. The number of hydrogen-bond donors (Lipinski definition) is 4. The van der Waals surface area contributed by atoms with Crippen LogP contribution in [0.2, 0.25) is 10.0 Å². The average molecular weight is 1010 g/mol. The Labute approximate surface area is 398 Å². The predicted octanol–water partition coefficient (Wildman–Crippen LogP) is 7.44. The zero-order valence-electron chi connectivity index (χ0n) is 36.7. The normalized spacial score (nSPS) is 20.2. The van der Waals surface area contributed by atoms with Crippen LogP contribution in [0.5, 0.6) is 0 Å². The molecule has 4 aromatic carbocycles. The summed E-state index contributed by atoms with van der Waals surface area (Å²) >= 11 is 12.2. The first kappa shape index (κ1) is 51.5. The Morgan fingerprint density at radius 3 is 1.42 bits per heavy atom. The lowest BCUT2D eigenvalue weighted by Crippen LogP contribution is -2.53. The number of carbonyl (C=O) groups is 6. The zero-order valence-corrected chi connectivity index (χ0v) is 38.3. The first-order valence-electron chi connectivity index (χ1n) is 20.5. The predicted molar refractivity (Wildman–Crippen MR) is 236 cm³/mol. The van der Waals surface area contributed by atoms with Crippen molar-refractivity contribution in [3.8, 4) is 0 Å². The van der Waals surface area contributed by atoms with Gasteiger partial charge in [-0.05, 0) is 98.5 Å². The number of carboxylic acid groups (broad SMARTS) is 1. The number of amides is 5. The molecule has 4 aliphatic rings. The van der Waals surface area contributed by atoms with Crippen LogP contribution < -0.4 is 16.0 Å². The topological polar surface area (TPSA) is 205 Å². The second-order valence-corrected chi connectivity index (χ2v) is 17.5. The quantitative estimate of drug-likeness (QED) is 0.111. The standard InChI is InChI=1S/C23H19ClF3N3O4.C19H15ClF3NO3.C4H6N2O2/c1-12-5-14(8-15(24)6-12)22(2)9-18(29-34-22)13-3-4-16(17(7-13)23(25,26)27)21(33)30-10-19(31)28-20(32)11-30;1-10-5-12(8-13(20)6-10)18(2)9-16(24-27-18)11-3-4-14(17(25)26)15(7-11)19(21,22)23;7-3-1-5-2-4(8)6-3/h3-8H,9-11H2,1-2H3,(H,28,31,32);3-8H,9H2,1-2H3,(H,25,26);5H,1-2H2,(H,6,7,8). The van der Waals surface area contributed by atoms with Crippen molar-refractivity contribution in [3.63, 3.8) is 0 Å². The molecule has 0 bridgehead atoms. The summed E-state index contributed by atoms with van der Waals surface area (Å²) in [5.74, 6) is -4.73. The number of piperazine rings is 2. The van der Waals surface area contributed by atoms with Crippen molar-refractivity contribution in [1.82, 2.24) is 20.9 Å². The van der Waals surface area contributed by atoms with E-state index in [0.29, 0.717) is 15.8 Å². The highest BCUT2D eigenvalue weighted by molar-refractivity contribution is 6.31. The Kier molecular flexibility index (Phi) is 15.0. The molecule has 0 aromatic heterocycles. The van der Waals surface area contributed by atoms with Gasteiger partial charge in [-0.2, -0.15) is 26.3 Å². The molecule has 0 saturated carbocycles. The molecule has 15 nitrogen and oxygen atoms in total. The molecule has 2 saturated heterocycles. The number of rotatable bonds is 6. The van der Waals surface area contributed by atoms with Crippen LogP contribution in [0.25, 0.3) is 0 Å². The summed E-state index contributed by atoms with van der Waals surface area (Å²) in [5, 5.41) is 24.8. The molecule has 4 aromatic rings. The smallest absolute Gasteiger partial charge is 0.417 e. The molecule has 4 heterocycles. The lowest BCUT2D eigenvalue weighted by atomic mass is 9.87. The van der Waals surface area contributed by atoms with Crippen molar-refractivity contribution < 1.29 is 69.9 Å². The number of oxime groups is 2. The van der Waals surface area contributed by atoms with Gasteiger partial charge in [0.1, 0.15) is 13.1 Å². The minimum absolute atomic E-state index is 0.138. The summed E-state index contributed by atoms with van der Waals surface area (Å²) in [5.41, 5.74) is -1.51. The summed E-state index contributed by atoms with van der Waals surface area (Å²) < 4.78 is 81.4. The van der Waals surface area contributed by atoms with E-state index in [-0.39, 0.29) is 54.6 Å². The van der Waals surface area contributed by atoms with Gasteiger partial charge in [-0.15, -0.1) is 0 Å². The van der Waals surface area contributed by atoms with Gasteiger partial charge in [0, 0.05) is 34.0 Å². The number of aryl methyl sites for hydroxylation is 2. The molecular weight excluding hydrogens is 965 g/mol. The van der Waals surface area contributed by atoms with E-state index in [1.54, 1.807) is 38.1 Å². The number of halogens is 8. The van der Waals surface area contributed by atoms with Gasteiger partial charge in [0.2, 0.25) is 23.6 Å². The number of carboxylic acids is 1. The number of imide groups is 2. The van der Waals surface area contributed by atoms with Crippen molar-refractivity contribution in [2.24, 2.45) is 10.3 Å². The minimum atomic E-state index is -4.86. The second-order valence-electron chi connectivity index (χ2n) is 16.6. The summed E-state index contributed by atoms with van der Waals surface area (Å²) in [6.07, 6.45) is -9.26. The molecule has 0 aliphatic carbocycles. The first-order valence-corrected chi connectivity index (χ1v) is 21.3. The Morgan fingerprint density at radius 1 is 0.638 bits per heavy atom. The second kappa shape index (κ2) is 20.0. The highest BCUT2D eigenvalue weighted by Gasteiger charge is 2.42. The van der Waals surface area contributed by atoms with Crippen LogP contribution >= 0.6 is 23.2 Å². The Morgan fingerprint density at radius 2 is 1.04 bits per heavy atom. The van der Waals surface area contributed by atoms with E-state index in [0.717, 1.165) is 51.4 Å². The Bertz CT molecular complexity index is 2770. The molecular formula is C46H40Cl2F6N6O9. The van der Waals surface area contributed by atoms with E-state index < -0.39 is 82.6 Å². The van der Waals surface area contributed by atoms with Gasteiger partial charge in [-0.25, -0.2) is 4.79 Å². The van der Waals surface area contributed by atoms with Gasteiger partial charge in [0.25, 0.3) is 5.91 Å². The summed E-state index contributed by atoms with van der Waals surface area (Å²) in [6, 6.07) is 17.0. The fourth-order valence-electron chi connectivity index (χ4n) is 7.56. The molecule has 4 aliphatic heterocycles. The van der Waals surface area contributed by atoms with E-state index in [9.17, 15) is 55.1 Å². The van der Waals surface area contributed by atoms with Crippen LogP contribution in [-0.4, -0.2) is 83.1 Å². The van der Waals surface area contributed by atoms with Crippen LogP contribution in [0.4, 0.5) is 26.3 Å². The third-order valence-corrected chi connectivity index (χ3v) is 11.3. The maximum absolute atomic E-state index is 13.9. The maximum Gasteiger partial charge on any atom is 0.417 e. The van der Waals surface area contributed by atoms with Crippen LogP contribution in [0.3, 0.4) is 0 Å². The molecule has 69 heavy (non-hydrogen) atoms. The number of nitrogens with zero attached hydrogens (tertiary/aromatic N) is 3. The van der Waals surface area contributed by atoms with Crippen LogP contribution in [0.15, 0.2) is 83.1 Å². The monoisotopic (exact) mass is 1000 g/mol. The number of nitrogens with one attached hydrogen (secondary N) is 3. The van der Waals surface area contributed by atoms with Gasteiger partial charge < -0.3 is 19.7 Å². The fraction of sp³-hybridized carbons (Fsp3) is 0.304. The molecule has 2 fully saturated rings. The Balaban J connectivity index is 0.000000199. The molecule has 364 valence electrons. The van der Waals surface area contributed by atoms with Crippen LogP contribution in [0, 0.1) is 13.8 Å². The van der Waals surface area contributed by atoms with Crippen molar-refractivity contribution in [1.29, 1.82) is 0 Å². The maximum atomic E-state index is 13.9. The van der Waals surface area contributed by atoms with Gasteiger partial charge in [-0.3, -0.25) is 39.9 Å². The van der Waals surface area contributed by atoms with Crippen molar-refractivity contribution in [2.45, 2.75) is 64.1 Å². The van der Waals surface area contributed by atoms with E-state index in [1.165, 1.54) is 12.1 Å². The summed E-state index contributed by atoms with van der Waals surface area (Å²) in [4.78, 5) is 79.5. The van der Waals surface area contributed by atoms with Crippen molar-refractivity contribution in [2.75, 3.05) is 26.2 Å². The average Bonchev–Trinajstić information content (AvgIpc) is 3.86. The van der Waals surface area contributed by atoms with E-state index in [2.05, 4.69) is 20.9 Å². The van der Waals surface area contributed by atoms with Crippen molar-refractivity contribution in [3.05, 3.63) is 138 Å².